The first kappa shape index (κ1) is 15.4. The van der Waals surface area contributed by atoms with Gasteiger partial charge in [0.25, 0.3) is 0 Å². The minimum absolute atomic E-state index is 0.116. The zero-order valence-electron chi connectivity index (χ0n) is 12.7. The van der Waals surface area contributed by atoms with E-state index in [0.29, 0.717) is 32.6 Å². The van der Waals surface area contributed by atoms with Gasteiger partial charge >= 0.3 is 6.09 Å². The van der Waals surface area contributed by atoms with Crippen LogP contribution < -0.4 is 0 Å². The lowest BCUT2D eigenvalue weighted by Gasteiger charge is -2.21. The average Bonchev–Trinajstić information content (AvgIpc) is 2.75. The summed E-state index contributed by atoms with van der Waals surface area (Å²) in [7, 11) is 1.38. The molecule has 1 heterocycles. The number of ether oxygens (including phenoxy) is 1. The van der Waals surface area contributed by atoms with Crippen LogP contribution in [-0.2, 0) is 16.0 Å². The van der Waals surface area contributed by atoms with E-state index >= 15 is 0 Å². The molecule has 5 nitrogen and oxygen atoms in total. The SMILES string of the molecule is COC(=O)N1CCCN(C(=O)Cc2ccc(C)cc2)CC1. The number of methoxy groups -OCH3 is 1. The Kier molecular flexibility index (Phi) is 5.20. The predicted octanol–water partition coefficient (Wildman–Crippen LogP) is 1.84. The van der Waals surface area contributed by atoms with Crippen LogP contribution in [0.4, 0.5) is 4.79 Å². The number of hydrogen-bond donors (Lipinski definition) is 0. The van der Waals surface area contributed by atoms with Crippen molar-refractivity contribution >= 4 is 12.0 Å². The van der Waals surface area contributed by atoms with Gasteiger partial charge in [-0.1, -0.05) is 29.8 Å². The van der Waals surface area contributed by atoms with Gasteiger partial charge in [0.2, 0.25) is 5.91 Å². The number of amides is 2. The molecule has 2 rings (SSSR count). The summed E-state index contributed by atoms with van der Waals surface area (Å²) in [6.07, 6.45) is 0.885. The van der Waals surface area contributed by atoms with Crippen molar-refractivity contribution in [3.8, 4) is 0 Å². The van der Waals surface area contributed by atoms with Crippen LogP contribution in [0, 0.1) is 6.92 Å². The average molecular weight is 290 g/mol. The highest BCUT2D eigenvalue weighted by atomic mass is 16.5. The summed E-state index contributed by atoms with van der Waals surface area (Å²) in [5, 5.41) is 0. The second kappa shape index (κ2) is 7.11. The maximum Gasteiger partial charge on any atom is 0.409 e. The van der Waals surface area contributed by atoms with Gasteiger partial charge in [-0.2, -0.15) is 0 Å². The molecule has 0 atom stereocenters. The lowest BCUT2D eigenvalue weighted by atomic mass is 10.1. The minimum atomic E-state index is -0.317. The van der Waals surface area contributed by atoms with Crippen LogP contribution in [-0.4, -0.2) is 55.1 Å². The molecule has 0 radical (unpaired) electrons. The standard InChI is InChI=1S/C16H22N2O3/c1-13-4-6-14(7-5-13)12-15(19)17-8-3-9-18(11-10-17)16(20)21-2/h4-7H,3,8-12H2,1-2H3. The number of aryl methyl sites for hydroxylation is 1. The van der Waals surface area contributed by atoms with Gasteiger partial charge in [-0.15, -0.1) is 0 Å². The second-order valence-corrected chi connectivity index (χ2v) is 5.35. The molecular weight excluding hydrogens is 268 g/mol. The number of rotatable bonds is 2. The number of carbonyl (C=O) groups excluding carboxylic acids is 2. The summed E-state index contributed by atoms with van der Waals surface area (Å²) in [5.74, 6) is 0.116. The minimum Gasteiger partial charge on any atom is -0.453 e. The quantitative estimate of drug-likeness (QED) is 0.835. The number of hydrogen-bond acceptors (Lipinski definition) is 3. The van der Waals surface area contributed by atoms with Gasteiger partial charge in [0.1, 0.15) is 0 Å². The first-order valence-electron chi connectivity index (χ1n) is 7.26. The topological polar surface area (TPSA) is 49.9 Å². The number of benzene rings is 1. The van der Waals surface area contributed by atoms with E-state index in [1.54, 1.807) is 4.90 Å². The van der Waals surface area contributed by atoms with Crippen LogP contribution in [0.3, 0.4) is 0 Å². The van der Waals surface area contributed by atoms with Crippen molar-refractivity contribution in [1.29, 1.82) is 0 Å². The molecular formula is C16H22N2O3. The molecule has 1 saturated heterocycles. The molecule has 1 aromatic carbocycles. The van der Waals surface area contributed by atoms with Gasteiger partial charge in [-0.05, 0) is 18.9 Å². The molecule has 0 saturated carbocycles. The normalized spacial score (nSPS) is 15.5. The Bertz CT molecular complexity index is 499. The highest BCUT2D eigenvalue weighted by molar-refractivity contribution is 5.79. The molecule has 0 spiro atoms. The largest absolute Gasteiger partial charge is 0.453 e. The van der Waals surface area contributed by atoms with E-state index in [-0.39, 0.29) is 12.0 Å². The van der Waals surface area contributed by atoms with Gasteiger partial charge in [0, 0.05) is 26.2 Å². The third kappa shape index (κ3) is 4.21. The van der Waals surface area contributed by atoms with Gasteiger partial charge in [0.05, 0.1) is 13.5 Å². The zero-order valence-corrected chi connectivity index (χ0v) is 12.7. The summed E-state index contributed by atoms with van der Waals surface area (Å²) in [4.78, 5) is 27.3. The molecule has 5 heteroatoms. The molecule has 21 heavy (non-hydrogen) atoms. The first-order valence-corrected chi connectivity index (χ1v) is 7.26. The maximum absolute atomic E-state index is 12.3. The second-order valence-electron chi connectivity index (χ2n) is 5.35. The molecule has 1 aliphatic heterocycles. The Morgan fingerprint density at radius 3 is 2.33 bits per heavy atom. The molecule has 1 aliphatic rings. The number of nitrogens with zero attached hydrogens (tertiary/aromatic N) is 2. The zero-order chi connectivity index (χ0) is 15.2. The third-order valence-electron chi connectivity index (χ3n) is 3.76. The van der Waals surface area contributed by atoms with Crippen LogP contribution in [0.25, 0.3) is 0 Å². The van der Waals surface area contributed by atoms with E-state index in [4.69, 9.17) is 4.74 Å². The van der Waals surface area contributed by atoms with Gasteiger partial charge in [-0.3, -0.25) is 4.79 Å². The monoisotopic (exact) mass is 290 g/mol. The van der Waals surface area contributed by atoms with Crippen LogP contribution in [0.5, 0.6) is 0 Å². The van der Waals surface area contributed by atoms with Crippen LogP contribution in [0.15, 0.2) is 24.3 Å². The summed E-state index contributed by atoms with van der Waals surface area (Å²) in [6.45, 7) is 4.47. The highest BCUT2D eigenvalue weighted by Gasteiger charge is 2.22. The Balaban J connectivity index is 1.91. The molecule has 0 unspecified atom stereocenters. The Labute approximate surface area is 125 Å². The molecule has 1 aromatic rings. The number of carbonyl (C=O) groups is 2. The van der Waals surface area contributed by atoms with Crippen LogP contribution in [0.1, 0.15) is 17.5 Å². The lowest BCUT2D eigenvalue weighted by Crippen LogP contribution is -2.37. The third-order valence-corrected chi connectivity index (χ3v) is 3.76. The van der Waals surface area contributed by atoms with Gasteiger partial charge < -0.3 is 14.5 Å². The van der Waals surface area contributed by atoms with Crippen molar-refractivity contribution in [1.82, 2.24) is 9.80 Å². The molecule has 0 aliphatic carbocycles. The van der Waals surface area contributed by atoms with E-state index in [1.807, 2.05) is 36.1 Å². The van der Waals surface area contributed by atoms with E-state index in [1.165, 1.54) is 12.7 Å². The fourth-order valence-corrected chi connectivity index (χ4v) is 2.47. The van der Waals surface area contributed by atoms with Crippen molar-refractivity contribution in [2.24, 2.45) is 0 Å². The molecule has 0 bridgehead atoms. The van der Waals surface area contributed by atoms with Crippen LogP contribution in [0.2, 0.25) is 0 Å². The molecule has 114 valence electrons. The Hall–Kier alpha value is -2.04. The molecule has 1 fully saturated rings. The smallest absolute Gasteiger partial charge is 0.409 e. The maximum atomic E-state index is 12.3. The van der Waals surface area contributed by atoms with Crippen LogP contribution >= 0.6 is 0 Å². The van der Waals surface area contributed by atoms with Crippen molar-refractivity contribution in [2.45, 2.75) is 19.8 Å². The van der Waals surface area contributed by atoms with E-state index in [2.05, 4.69) is 0 Å². The Morgan fingerprint density at radius 2 is 1.67 bits per heavy atom. The molecule has 0 aromatic heterocycles. The first-order chi connectivity index (χ1) is 10.1. The van der Waals surface area contributed by atoms with Gasteiger partial charge in [0.15, 0.2) is 0 Å². The summed E-state index contributed by atoms with van der Waals surface area (Å²) >= 11 is 0. The van der Waals surface area contributed by atoms with E-state index < -0.39 is 0 Å². The predicted molar refractivity (Wildman–Crippen MR) is 80.1 cm³/mol. The lowest BCUT2D eigenvalue weighted by molar-refractivity contribution is -0.130. The summed E-state index contributed by atoms with van der Waals surface area (Å²) < 4.78 is 4.73. The van der Waals surface area contributed by atoms with Crippen molar-refractivity contribution in [2.75, 3.05) is 33.3 Å². The summed E-state index contributed by atoms with van der Waals surface area (Å²) in [5.41, 5.74) is 2.22. The van der Waals surface area contributed by atoms with Crippen molar-refractivity contribution < 1.29 is 14.3 Å². The van der Waals surface area contributed by atoms with Gasteiger partial charge in [-0.25, -0.2) is 4.79 Å². The highest BCUT2D eigenvalue weighted by Crippen LogP contribution is 2.09. The molecule has 0 N–H and O–H groups in total. The van der Waals surface area contributed by atoms with Crippen molar-refractivity contribution in [3.05, 3.63) is 35.4 Å². The fraction of sp³-hybridized carbons (Fsp3) is 0.500. The molecule has 2 amide bonds. The van der Waals surface area contributed by atoms with E-state index in [0.717, 1.165) is 12.0 Å². The van der Waals surface area contributed by atoms with E-state index in [9.17, 15) is 9.59 Å². The fourth-order valence-electron chi connectivity index (χ4n) is 2.47. The summed E-state index contributed by atoms with van der Waals surface area (Å²) in [6, 6.07) is 8.02. The van der Waals surface area contributed by atoms with Crippen molar-refractivity contribution in [3.63, 3.8) is 0 Å². The Morgan fingerprint density at radius 1 is 1.05 bits per heavy atom.